The van der Waals surface area contributed by atoms with Crippen LogP contribution in [0.25, 0.3) is 0 Å². The molecule has 1 aliphatic rings. The van der Waals surface area contributed by atoms with Gasteiger partial charge in [0.2, 0.25) is 0 Å². The van der Waals surface area contributed by atoms with Crippen LogP contribution >= 0.6 is 7.26 Å². The zero-order valence-electron chi connectivity index (χ0n) is 21.3. The molecule has 0 N–H and O–H groups in total. The van der Waals surface area contributed by atoms with E-state index in [1.54, 1.807) is 0 Å². The van der Waals surface area contributed by atoms with Crippen molar-refractivity contribution in [2.45, 2.75) is 34.1 Å². The van der Waals surface area contributed by atoms with E-state index < -0.39 is 7.26 Å². The third kappa shape index (κ3) is 5.47. The first-order valence-electron chi connectivity index (χ1n) is 12.4. The van der Waals surface area contributed by atoms with Gasteiger partial charge in [-0.05, 0) is 67.8 Å². The van der Waals surface area contributed by atoms with E-state index in [0.29, 0.717) is 6.42 Å². The minimum Gasteiger partial charge on any atom is -0.295 e. The Morgan fingerprint density at radius 2 is 1.31 bits per heavy atom. The summed E-state index contributed by atoms with van der Waals surface area (Å²) in [6.45, 7) is 8.69. The molecule has 1 nitrogen and oxygen atoms in total. The van der Waals surface area contributed by atoms with Crippen LogP contribution in [0.1, 0.15) is 34.1 Å². The number of hydrogen-bond acceptors (Lipinski definition) is 1. The Balaban J connectivity index is 1.75. The van der Waals surface area contributed by atoms with Crippen LogP contribution in [-0.2, 0) is 4.79 Å². The fourth-order valence-electron chi connectivity index (χ4n) is 5.39. The highest BCUT2D eigenvalue weighted by Crippen LogP contribution is 2.55. The van der Waals surface area contributed by atoms with Crippen molar-refractivity contribution in [3.8, 4) is 0 Å². The smallest absolute Gasteiger partial charge is 0.156 e. The Labute approximate surface area is 211 Å². The van der Waals surface area contributed by atoms with E-state index in [-0.39, 0.29) is 17.1 Å². The van der Waals surface area contributed by atoms with E-state index in [9.17, 15) is 4.79 Å². The highest BCUT2D eigenvalue weighted by molar-refractivity contribution is 7.95. The van der Waals surface area contributed by atoms with Gasteiger partial charge in [-0.3, -0.25) is 4.79 Å². The molecule has 0 aliphatic heterocycles. The molecule has 3 aromatic rings. The molecule has 1 aliphatic carbocycles. The quantitative estimate of drug-likeness (QED) is 0.262. The third-order valence-electron chi connectivity index (χ3n) is 7.18. The summed E-state index contributed by atoms with van der Waals surface area (Å²) in [6, 6.07) is 33.0. The fraction of sp³-hybridized carbons (Fsp3) is 0.242. The molecule has 2 heteroatoms. The highest BCUT2D eigenvalue weighted by Gasteiger charge is 2.44. The maximum atomic E-state index is 12.1. The lowest BCUT2D eigenvalue weighted by Crippen LogP contribution is -2.33. The average molecular weight is 480 g/mol. The molecule has 1 unspecified atom stereocenters. The van der Waals surface area contributed by atoms with Crippen molar-refractivity contribution in [2.75, 3.05) is 6.16 Å². The summed E-state index contributed by atoms with van der Waals surface area (Å²) >= 11 is 0. The average Bonchev–Trinajstić information content (AvgIpc) is 2.85. The van der Waals surface area contributed by atoms with Crippen LogP contribution in [0.4, 0.5) is 0 Å². The Kier molecular flexibility index (Phi) is 7.68. The molecular formula is C33H36OP+. The van der Waals surface area contributed by atoms with Gasteiger partial charge in [-0.25, -0.2) is 0 Å². The first kappa shape index (κ1) is 25.1. The van der Waals surface area contributed by atoms with Crippen LogP contribution in [0.2, 0.25) is 0 Å². The first-order chi connectivity index (χ1) is 16.8. The molecule has 1 atom stereocenters. The number of carbonyl (C=O) groups is 1. The molecule has 0 saturated heterocycles. The maximum Gasteiger partial charge on any atom is 0.156 e. The highest BCUT2D eigenvalue weighted by atomic mass is 31.2. The van der Waals surface area contributed by atoms with Crippen molar-refractivity contribution < 1.29 is 4.79 Å². The normalized spacial score (nSPS) is 18.5. The second-order valence-corrected chi connectivity index (χ2v) is 13.8. The Hall–Kier alpha value is -3.02. The molecule has 0 amide bonds. The monoisotopic (exact) mass is 479 g/mol. The Bertz CT molecular complexity index is 1140. The lowest BCUT2D eigenvalue weighted by atomic mass is 9.68. The number of hydrogen-bond donors (Lipinski definition) is 0. The third-order valence-corrected chi connectivity index (χ3v) is 11.4. The van der Waals surface area contributed by atoms with Gasteiger partial charge in [-0.15, -0.1) is 0 Å². The SMILES string of the molecule is CC1=CC(=O)CC(C)(C)C1/C=C/C(C)=C/C[P+](c1ccccc1)(c1ccccc1)c1ccccc1. The van der Waals surface area contributed by atoms with Crippen LogP contribution in [0, 0.1) is 11.3 Å². The van der Waals surface area contributed by atoms with Crippen LogP contribution in [0.3, 0.4) is 0 Å². The summed E-state index contributed by atoms with van der Waals surface area (Å²) in [7, 11) is -1.88. The first-order valence-corrected chi connectivity index (χ1v) is 14.4. The molecule has 0 saturated carbocycles. The van der Waals surface area contributed by atoms with Crippen molar-refractivity contribution in [3.05, 3.63) is 126 Å². The summed E-state index contributed by atoms with van der Waals surface area (Å²) < 4.78 is 0. The van der Waals surface area contributed by atoms with Crippen molar-refractivity contribution in [2.24, 2.45) is 11.3 Å². The van der Waals surface area contributed by atoms with Crippen molar-refractivity contribution in [3.63, 3.8) is 0 Å². The van der Waals surface area contributed by atoms with E-state index in [0.717, 1.165) is 11.7 Å². The number of rotatable bonds is 7. The van der Waals surface area contributed by atoms with E-state index in [2.05, 4.69) is 137 Å². The van der Waals surface area contributed by atoms with Crippen LogP contribution < -0.4 is 15.9 Å². The van der Waals surface area contributed by atoms with Crippen LogP contribution in [0.15, 0.2) is 126 Å². The lowest BCUT2D eigenvalue weighted by Gasteiger charge is -2.35. The zero-order valence-corrected chi connectivity index (χ0v) is 22.2. The van der Waals surface area contributed by atoms with Gasteiger partial charge in [-0.1, -0.05) is 91.7 Å². The maximum absolute atomic E-state index is 12.1. The molecule has 178 valence electrons. The zero-order chi connectivity index (χ0) is 24.9. The van der Waals surface area contributed by atoms with Gasteiger partial charge in [0.25, 0.3) is 0 Å². The minimum absolute atomic E-state index is 0.0540. The minimum atomic E-state index is -1.88. The lowest BCUT2D eigenvalue weighted by molar-refractivity contribution is -0.117. The molecule has 0 bridgehead atoms. The van der Waals surface area contributed by atoms with Crippen LogP contribution in [-0.4, -0.2) is 11.9 Å². The topological polar surface area (TPSA) is 17.1 Å². The van der Waals surface area contributed by atoms with Crippen LogP contribution in [0.5, 0.6) is 0 Å². The summed E-state index contributed by atoms with van der Waals surface area (Å²) in [5.74, 6) is 0.521. The van der Waals surface area contributed by atoms with Gasteiger partial charge < -0.3 is 0 Å². The summed E-state index contributed by atoms with van der Waals surface area (Å²) in [6.07, 6.45) is 10.4. The summed E-state index contributed by atoms with van der Waals surface area (Å²) in [5.41, 5.74) is 2.37. The van der Waals surface area contributed by atoms with Gasteiger partial charge in [0, 0.05) is 12.3 Å². The van der Waals surface area contributed by atoms with Crippen molar-refractivity contribution in [1.82, 2.24) is 0 Å². The Morgan fingerprint density at radius 3 is 1.74 bits per heavy atom. The predicted molar refractivity (Wildman–Crippen MR) is 154 cm³/mol. The van der Waals surface area contributed by atoms with Crippen molar-refractivity contribution in [1.29, 1.82) is 0 Å². The molecular weight excluding hydrogens is 443 g/mol. The van der Waals surface area contributed by atoms with Crippen molar-refractivity contribution >= 4 is 29.0 Å². The predicted octanol–water partition coefficient (Wildman–Crippen LogP) is 7.04. The summed E-state index contributed by atoms with van der Waals surface area (Å²) in [4.78, 5) is 12.1. The van der Waals surface area contributed by atoms with E-state index in [1.807, 2.05) is 6.08 Å². The van der Waals surface area contributed by atoms with Gasteiger partial charge in [0.15, 0.2) is 5.78 Å². The van der Waals surface area contributed by atoms with Gasteiger partial charge in [0.1, 0.15) is 23.2 Å². The van der Waals surface area contributed by atoms with E-state index in [1.165, 1.54) is 21.5 Å². The molecule has 0 aromatic heterocycles. The number of carbonyl (C=O) groups excluding carboxylic acids is 1. The van der Waals surface area contributed by atoms with Gasteiger partial charge in [-0.2, -0.15) is 0 Å². The molecule has 0 spiro atoms. The van der Waals surface area contributed by atoms with E-state index >= 15 is 0 Å². The number of benzene rings is 3. The summed E-state index contributed by atoms with van der Waals surface area (Å²) in [5, 5.41) is 4.20. The largest absolute Gasteiger partial charge is 0.295 e. The number of allylic oxidation sites excluding steroid dienone is 6. The van der Waals surface area contributed by atoms with E-state index in [4.69, 9.17) is 0 Å². The molecule has 35 heavy (non-hydrogen) atoms. The molecule has 0 fully saturated rings. The molecule has 0 radical (unpaired) electrons. The fourth-order valence-corrected chi connectivity index (χ4v) is 9.52. The van der Waals surface area contributed by atoms with Gasteiger partial charge >= 0.3 is 0 Å². The molecule has 3 aromatic carbocycles. The Morgan fingerprint density at radius 1 is 0.857 bits per heavy atom. The second kappa shape index (κ2) is 10.7. The molecule has 0 heterocycles. The molecule has 4 rings (SSSR count). The standard InChI is InChI=1S/C33H36OP/c1-26(20-21-32-27(2)24-28(34)25-33(32,3)4)22-23-35(29-14-8-5-9-15-29,30-16-10-6-11-17-30)31-18-12-7-13-19-31/h5-22,24,32H,23,25H2,1-4H3/q+1/b21-20+,26-22+. The van der Waals surface area contributed by atoms with Gasteiger partial charge in [0.05, 0.1) is 6.16 Å². The number of ketones is 1. The second-order valence-electron chi connectivity index (χ2n) is 10.3.